The molecule has 10 nitrogen and oxygen atoms in total. The summed E-state index contributed by atoms with van der Waals surface area (Å²) in [7, 11) is -1.48. The summed E-state index contributed by atoms with van der Waals surface area (Å²) in [5.74, 6) is 1.46. The number of ether oxygens (including phenoxy) is 1. The van der Waals surface area contributed by atoms with E-state index in [-0.39, 0.29) is 5.25 Å². The third-order valence-electron chi connectivity index (χ3n) is 6.98. The van der Waals surface area contributed by atoms with Gasteiger partial charge in [0.2, 0.25) is 10.0 Å². The predicted octanol–water partition coefficient (Wildman–Crippen LogP) is 2.62. The predicted molar refractivity (Wildman–Crippen MR) is 140 cm³/mol. The molecule has 1 aromatic carbocycles. The lowest BCUT2D eigenvalue weighted by molar-refractivity contribution is 0.181. The van der Waals surface area contributed by atoms with Gasteiger partial charge in [-0.15, -0.1) is 0 Å². The van der Waals surface area contributed by atoms with Crippen LogP contribution in [-0.2, 0) is 23.0 Å². The number of rotatable bonds is 8. The molecule has 0 bridgehead atoms. The zero-order valence-corrected chi connectivity index (χ0v) is 21.5. The Morgan fingerprint density at radius 3 is 2.70 bits per heavy atom. The molecule has 4 aromatic rings. The molecule has 192 valence electrons. The van der Waals surface area contributed by atoms with E-state index in [9.17, 15) is 8.42 Å². The molecule has 1 aliphatic carbocycles. The molecule has 6 rings (SSSR count). The Labute approximate surface area is 215 Å². The van der Waals surface area contributed by atoms with E-state index in [2.05, 4.69) is 30.9 Å². The quantitative estimate of drug-likeness (QED) is 0.378. The minimum Gasteiger partial charge on any atom is -0.493 e. The minimum atomic E-state index is -3.09. The van der Waals surface area contributed by atoms with Gasteiger partial charge in [-0.3, -0.25) is 9.88 Å². The van der Waals surface area contributed by atoms with Gasteiger partial charge in [-0.05, 0) is 42.7 Å². The Kier molecular flexibility index (Phi) is 6.35. The number of nitrogens with one attached hydrogen (secondary N) is 1. The maximum absolute atomic E-state index is 12.5. The van der Waals surface area contributed by atoms with E-state index < -0.39 is 10.0 Å². The smallest absolute Gasteiger partial charge is 0.217 e. The summed E-state index contributed by atoms with van der Waals surface area (Å²) < 4.78 is 32.1. The first-order chi connectivity index (χ1) is 18.0. The summed E-state index contributed by atoms with van der Waals surface area (Å²) in [5, 5.41) is -0.137. The normalized spacial score (nSPS) is 17.3. The van der Waals surface area contributed by atoms with Gasteiger partial charge in [-0.2, -0.15) is 4.31 Å². The second-order valence-corrected chi connectivity index (χ2v) is 11.8. The lowest BCUT2D eigenvalue weighted by atomic mass is 10.1. The molecule has 4 heterocycles. The van der Waals surface area contributed by atoms with E-state index in [0.29, 0.717) is 25.3 Å². The van der Waals surface area contributed by atoms with Gasteiger partial charge in [0.25, 0.3) is 0 Å². The molecule has 1 saturated carbocycles. The zero-order chi connectivity index (χ0) is 25.4. The van der Waals surface area contributed by atoms with Gasteiger partial charge in [-0.1, -0.05) is 6.07 Å². The van der Waals surface area contributed by atoms with Gasteiger partial charge in [0.15, 0.2) is 5.75 Å². The number of hydrogen-bond acceptors (Lipinski definition) is 8. The minimum absolute atomic E-state index is 0.137. The Hall–Kier alpha value is -3.41. The molecule has 0 spiro atoms. The van der Waals surface area contributed by atoms with Crippen molar-refractivity contribution >= 4 is 21.1 Å². The van der Waals surface area contributed by atoms with Crippen LogP contribution in [0.2, 0.25) is 0 Å². The van der Waals surface area contributed by atoms with Crippen LogP contribution in [0.15, 0.2) is 49.1 Å². The first-order valence-corrected chi connectivity index (χ1v) is 14.0. The highest BCUT2D eigenvalue weighted by atomic mass is 32.2. The molecule has 1 N–H and O–H groups in total. The lowest BCUT2D eigenvalue weighted by Gasteiger charge is -2.34. The molecule has 37 heavy (non-hydrogen) atoms. The highest BCUT2D eigenvalue weighted by molar-refractivity contribution is 7.90. The lowest BCUT2D eigenvalue weighted by Crippen LogP contribution is -2.49. The monoisotopic (exact) mass is 519 g/mol. The molecule has 2 aliphatic rings. The Balaban J connectivity index is 1.12. The standard InChI is InChI=1S/C26H29N7O3S/c1-36-24-15-27-17-29-26(24)19-2-5-22-23(13-19)31-25(30-22)14-20-12-18(6-7-28-20)16-32-8-10-33(11-9-32)37(34,35)21-3-4-21/h2,5-7,12-13,15,17,21H,3-4,8-11,14,16H2,1H3,(H,30,31). The van der Waals surface area contributed by atoms with Crippen LogP contribution < -0.4 is 4.74 Å². The van der Waals surface area contributed by atoms with Crippen molar-refractivity contribution in [3.05, 3.63) is 66.1 Å². The number of H-pyrrole nitrogens is 1. The number of imidazole rings is 1. The first-order valence-electron chi connectivity index (χ1n) is 12.5. The van der Waals surface area contributed by atoms with Gasteiger partial charge in [0.1, 0.15) is 17.8 Å². The van der Waals surface area contributed by atoms with E-state index in [1.54, 1.807) is 17.6 Å². The van der Waals surface area contributed by atoms with E-state index >= 15 is 0 Å². The SMILES string of the molecule is COc1cncnc1-c1ccc2nc(Cc3cc(CN4CCN(S(=O)(=O)C5CC5)CC4)ccn3)[nH]c2c1. The van der Waals surface area contributed by atoms with Crippen molar-refractivity contribution in [3.63, 3.8) is 0 Å². The van der Waals surface area contributed by atoms with Crippen molar-refractivity contribution in [3.8, 4) is 17.0 Å². The van der Waals surface area contributed by atoms with Gasteiger partial charge >= 0.3 is 0 Å². The van der Waals surface area contributed by atoms with Crippen LogP contribution in [0.5, 0.6) is 5.75 Å². The Morgan fingerprint density at radius 1 is 1.08 bits per heavy atom. The molecular weight excluding hydrogens is 490 g/mol. The molecule has 0 atom stereocenters. The zero-order valence-electron chi connectivity index (χ0n) is 20.7. The van der Waals surface area contributed by atoms with Crippen LogP contribution in [0.3, 0.4) is 0 Å². The van der Waals surface area contributed by atoms with E-state index in [0.717, 1.165) is 71.8 Å². The summed E-state index contributed by atoms with van der Waals surface area (Å²) in [6.07, 6.45) is 7.20. The average molecular weight is 520 g/mol. The number of benzene rings is 1. The van der Waals surface area contributed by atoms with Gasteiger partial charge < -0.3 is 9.72 Å². The number of hydrogen-bond donors (Lipinski definition) is 1. The van der Waals surface area contributed by atoms with Crippen molar-refractivity contribution in [2.24, 2.45) is 0 Å². The third kappa shape index (κ3) is 5.07. The highest BCUT2D eigenvalue weighted by Crippen LogP contribution is 2.31. The topological polar surface area (TPSA) is 117 Å². The van der Waals surface area contributed by atoms with Gasteiger partial charge in [-0.25, -0.2) is 23.4 Å². The summed E-state index contributed by atoms with van der Waals surface area (Å²) in [6.45, 7) is 3.40. The number of aromatic amines is 1. The van der Waals surface area contributed by atoms with Gasteiger partial charge in [0, 0.05) is 56.6 Å². The molecule has 2 fully saturated rings. The van der Waals surface area contributed by atoms with Crippen molar-refractivity contribution in [1.82, 2.24) is 34.1 Å². The van der Waals surface area contributed by atoms with Crippen molar-refractivity contribution in [2.75, 3.05) is 33.3 Å². The van der Waals surface area contributed by atoms with Crippen molar-refractivity contribution in [1.29, 1.82) is 0 Å². The first kappa shape index (κ1) is 24.0. The number of sulfonamides is 1. The molecule has 0 unspecified atom stereocenters. The maximum Gasteiger partial charge on any atom is 0.217 e. The highest BCUT2D eigenvalue weighted by Gasteiger charge is 2.40. The molecule has 1 saturated heterocycles. The average Bonchev–Trinajstić information content (AvgIpc) is 3.70. The molecule has 3 aromatic heterocycles. The van der Waals surface area contributed by atoms with Crippen LogP contribution in [0.1, 0.15) is 29.9 Å². The molecule has 0 amide bonds. The van der Waals surface area contributed by atoms with E-state index in [4.69, 9.17) is 9.72 Å². The summed E-state index contributed by atoms with van der Waals surface area (Å²) in [5.41, 5.74) is 5.55. The fourth-order valence-corrected chi connectivity index (χ4v) is 6.67. The fourth-order valence-electron chi connectivity index (χ4n) is 4.85. The van der Waals surface area contributed by atoms with Crippen LogP contribution in [0.4, 0.5) is 0 Å². The fraction of sp³-hybridized carbons (Fsp3) is 0.385. The van der Waals surface area contributed by atoms with E-state index in [1.807, 2.05) is 30.5 Å². The third-order valence-corrected chi connectivity index (χ3v) is 9.37. The van der Waals surface area contributed by atoms with Crippen LogP contribution in [0, 0.1) is 0 Å². The van der Waals surface area contributed by atoms with Crippen LogP contribution >= 0.6 is 0 Å². The summed E-state index contributed by atoms with van der Waals surface area (Å²) in [4.78, 5) is 23.4. The number of fused-ring (bicyclic) bond motifs is 1. The number of aromatic nitrogens is 5. The largest absolute Gasteiger partial charge is 0.493 e. The summed E-state index contributed by atoms with van der Waals surface area (Å²) >= 11 is 0. The van der Waals surface area contributed by atoms with Gasteiger partial charge in [0.05, 0.1) is 29.6 Å². The number of methoxy groups -OCH3 is 1. The second-order valence-electron chi connectivity index (χ2n) is 9.61. The van der Waals surface area contributed by atoms with Crippen molar-refractivity contribution < 1.29 is 13.2 Å². The molecule has 0 radical (unpaired) electrons. The number of piperazine rings is 1. The van der Waals surface area contributed by atoms with Crippen LogP contribution in [-0.4, -0.2) is 81.1 Å². The number of pyridine rings is 1. The maximum atomic E-state index is 12.5. The van der Waals surface area contributed by atoms with Crippen LogP contribution in [0.25, 0.3) is 22.3 Å². The Bertz CT molecular complexity index is 1530. The molecular formula is C26H29N7O3S. The summed E-state index contributed by atoms with van der Waals surface area (Å²) in [6, 6.07) is 10.1. The van der Waals surface area contributed by atoms with E-state index in [1.165, 1.54) is 6.33 Å². The Morgan fingerprint density at radius 2 is 1.92 bits per heavy atom. The van der Waals surface area contributed by atoms with Crippen molar-refractivity contribution in [2.45, 2.75) is 31.1 Å². The second kappa shape index (κ2) is 9.81. The molecule has 11 heteroatoms. The number of nitrogens with zero attached hydrogens (tertiary/aromatic N) is 6. The molecule has 1 aliphatic heterocycles.